The van der Waals surface area contributed by atoms with Crippen LogP contribution < -0.4 is 11.7 Å². The van der Waals surface area contributed by atoms with Crippen LogP contribution in [0.4, 0.5) is 0 Å². The third kappa shape index (κ3) is 4.16. The van der Waals surface area contributed by atoms with E-state index in [0.717, 1.165) is 0 Å². The molecule has 0 aliphatic rings. The third-order valence-electron chi connectivity index (χ3n) is 0.352. The fourth-order valence-electron chi connectivity index (χ4n) is 0.115. The average molecular weight is 137 g/mol. The zero-order valence-electron chi connectivity index (χ0n) is 4.35. The number of hydrazine groups is 3. The molecule has 9 heavy (non-hydrogen) atoms. The molecule has 0 aromatic carbocycles. The van der Waals surface area contributed by atoms with Gasteiger partial charge >= 0.3 is 0 Å². The number of nitrogens with two attached hydrogens (primary N) is 2. The lowest BCUT2D eigenvalue weighted by molar-refractivity contribution is -0.499. The van der Waals surface area contributed by atoms with Crippen LogP contribution in [0, 0.1) is 0 Å². The minimum absolute atomic E-state index is 0.149. The summed E-state index contributed by atoms with van der Waals surface area (Å²) in [6.45, 7) is 0. The van der Waals surface area contributed by atoms with E-state index in [9.17, 15) is 0 Å². The molecule has 0 bridgehead atoms. The highest BCUT2D eigenvalue weighted by Gasteiger charge is 2.00. The molecule has 0 aliphatic carbocycles. The number of hydrogen-bond donors (Lipinski definition) is 3. The first-order chi connectivity index (χ1) is 4.04. The fraction of sp³-hybridized carbons (Fsp3) is 0. The highest BCUT2D eigenvalue weighted by atomic mass is 17.0. The van der Waals surface area contributed by atoms with Gasteiger partial charge in [0.1, 0.15) is 0 Å². The Bertz CT molecular complexity index is 69.3. The third-order valence-corrected chi connectivity index (χ3v) is 0.352. The van der Waals surface area contributed by atoms with E-state index >= 15 is 0 Å². The van der Waals surface area contributed by atoms with Gasteiger partial charge in [-0.1, -0.05) is 5.23 Å². The first kappa shape index (κ1) is 8.64. The summed E-state index contributed by atoms with van der Waals surface area (Å²) in [6.07, 6.45) is 0. The number of hydrogen-bond acceptors (Lipinski definition) is 7. The molecule has 0 aromatic rings. The standard InChI is InChI=1S/H7N7O2/c1-5(2)7(8)9-6(3)4/h3-4,8H,1-2H2/q-2. The van der Waals surface area contributed by atoms with E-state index in [1.54, 1.807) is 0 Å². The Morgan fingerprint density at radius 3 is 1.89 bits per heavy atom. The highest BCUT2D eigenvalue weighted by molar-refractivity contribution is 4.32. The molecule has 0 fully saturated rings. The van der Waals surface area contributed by atoms with Gasteiger partial charge in [0.25, 0.3) is 0 Å². The van der Waals surface area contributed by atoms with Crippen LogP contribution in [0.15, 0.2) is 0 Å². The molecule has 7 N–H and O–H groups in total. The van der Waals surface area contributed by atoms with Crippen molar-refractivity contribution in [2.45, 2.75) is 0 Å². The lowest BCUT2D eigenvalue weighted by atomic mass is 12.1. The van der Waals surface area contributed by atoms with Crippen molar-refractivity contribution in [3.8, 4) is 0 Å². The van der Waals surface area contributed by atoms with E-state index in [4.69, 9.17) is 16.9 Å². The largest absolute Gasteiger partial charge is 0.602 e. The Balaban J connectivity index is 3.38. The van der Waals surface area contributed by atoms with Gasteiger partial charge in [-0.25, -0.2) is 16.6 Å². The van der Waals surface area contributed by atoms with Crippen molar-refractivity contribution >= 4 is 0 Å². The molecule has 0 spiro atoms. The molecule has 0 unspecified atom stereocenters. The molecule has 0 rings (SSSR count). The van der Waals surface area contributed by atoms with Gasteiger partial charge in [-0.3, -0.25) is 5.21 Å². The van der Waals surface area contributed by atoms with E-state index in [-0.39, 0.29) is 15.8 Å². The summed E-state index contributed by atoms with van der Waals surface area (Å²) in [5.74, 6) is 21.8. The van der Waals surface area contributed by atoms with Gasteiger partial charge in [-0.2, -0.15) is 0 Å². The highest BCUT2D eigenvalue weighted by Crippen LogP contribution is 1.89. The zero-order chi connectivity index (χ0) is 7.44. The van der Waals surface area contributed by atoms with E-state index in [1.165, 1.54) is 0 Å². The average Bonchev–Trinajstić information content (AvgIpc) is 1.63. The van der Waals surface area contributed by atoms with E-state index in [1.807, 2.05) is 0 Å². The minimum atomic E-state index is -0.285. The van der Waals surface area contributed by atoms with Crippen molar-refractivity contribution in [3.05, 3.63) is 11.7 Å². The van der Waals surface area contributed by atoms with Crippen molar-refractivity contribution in [1.29, 1.82) is 0 Å². The number of nitrogens with one attached hydrogen (secondary N) is 2. The predicted octanol–water partition coefficient (Wildman–Crippen LogP) is -1.28. The summed E-state index contributed by atoms with van der Waals surface area (Å²) < 4.78 is 0. The Morgan fingerprint density at radius 1 is 1.33 bits per heavy atom. The van der Waals surface area contributed by atoms with Crippen molar-refractivity contribution in [2.24, 2.45) is 11.7 Å². The summed E-state index contributed by atoms with van der Waals surface area (Å²) in [6, 6.07) is 0. The second-order valence-electron chi connectivity index (χ2n) is 1.01. The van der Waals surface area contributed by atoms with Crippen molar-refractivity contribution in [2.75, 3.05) is 0 Å². The maximum atomic E-state index is 8.30. The van der Waals surface area contributed by atoms with Crippen molar-refractivity contribution in [3.63, 3.8) is 0 Å². The fourth-order valence-corrected chi connectivity index (χ4v) is 0.115. The quantitative estimate of drug-likeness (QED) is 0.325. The van der Waals surface area contributed by atoms with Crippen molar-refractivity contribution < 1.29 is 10.1 Å². The van der Waals surface area contributed by atoms with Gasteiger partial charge in [0.05, 0.1) is 5.34 Å². The molecule has 56 valence electrons. The van der Waals surface area contributed by atoms with Crippen LogP contribution in [0.2, 0.25) is 0 Å². The SMILES string of the molecule is [NH-]N([NH-])ON(O)N(N)N. The topological polar surface area (TPSA) is 139 Å². The van der Waals surface area contributed by atoms with Crippen LogP contribution in [0.3, 0.4) is 0 Å². The maximum Gasteiger partial charge on any atom is 0.0552 e. The molecule has 0 heterocycles. The Labute approximate surface area is 50.6 Å². The molecule has 0 aliphatic heterocycles. The monoisotopic (exact) mass is 137 g/mol. The predicted molar refractivity (Wildman–Crippen MR) is 25.4 cm³/mol. The second-order valence-corrected chi connectivity index (χ2v) is 1.01. The van der Waals surface area contributed by atoms with Crippen LogP contribution in [0.1, 0.15) is 0 Å². The van der Waals surface area contributed by atoms with E-state index in [2.05, 4.69) is 16.6 Å². The molecular formula is H7N7O2-2. The summed E-state index contributed by atoms with van der Waals surface area (Å²) in [5.41, 5.74) is 0. The van der Waals surface area contributed by atoms with Gasteiger partial charge in [0, 0.05) is 0 Å². The molecular weight excluding hydrogens is 130 g/mol. The van der Waals surface area contributed by atoms with Crippen LogP contribution in [0.5, 0.6) is 0 Å². The van der Waals surface area contributed by atoms with Crippen LogP contribution in [0.25, 0.3) is 11.7 Å². The molecule has 9 nitrogen and oxygen atoms in total. The van der Waals surface area contributed by atoms with Crippen LogP contribution in [-0.2, 0) is 4.94 Å². The summed E-state index contributed by atoms with van der Waals surface area (Å²) in [4.78, 5) is 3.74. The zero-order valence-corrected chi connectivity index (χ0v) is 4.35. The molecule has 0 amide bonds. The molecule has 0 radical (unpaired) electrons. The molecule has 0 atom stereocenters. The first-order valence-corrected chi connectivity index (χ1v) is 1.73. The summed E-state index contributed by atoms with van der Waals surface area (Å²) in [7, 11) is 0. The number of rotatable bonds is 3. The van der Waals surface area contributed by atoms with E-state index < -0.39 is 0 Å². The summed E-state index contributed by atoms with van der Waals surface area (Å²) >= 11 is 0. The van der Waals surface area contributed by atoms with Gasteiger partial charge < -0.3 is 17.0 Å². The molecule has 9 heteroatoms. The van der Waals surface area contributed by atoms with Crippen molar-refractivity contribution in [1.82, 2.24) is 15.8 Å². The number of nitrogens with zero attached hydrogens (tertiary/aromatic N) is 3. The minimum Gasteiger partial charge on any atom is -0.602 e. The Hall–Kier alpha value is -0.360. The van der Waals surface area contributed by atoms with Crippen LogP contribution >= 0.6 is 0 Å². The molecule has 0 saturated heterocycles. The normalized spacial score (nSPS) is 12.0. The van der Waals surface area contributed by atoms with Crippen LogP contribution in [-0.4, -0.2) is 21.1 Å². The van der Waals surface area contributed by atoms with Gasteiger partial charge in [-0.15, -0.1) is 0 Å². The van der Waals surface area contributed by atoms with Gasteiger partial charge in [0.2, 0.25) is 0 Å². The summed E-state index contributed by atoms with van der Waals surface area (Å²) in [5, 5.41) is 7.97. The molecule has 0 aromatic heterocycles. The first-order valence-electron chi connectivity index (χ1n) is 1.73. The molecule has 0 saturated carbocycles. The van der Waals surface area contributed by atoms with Gasteiger partial charge in [-0.05, 0) is 0 Å². The second kappa shape index (κ2) is 3.62. The Morgan fingerprint density at radius 2 is 1.78 bits per heavy atom. The smallest absolute Gasteiger partial charge is 0.0552 e. The Kier molecular flexibility index (Phi) is 3.48. The lowest BCUT2D eigenvalue weighted by Gasteiger charge is -2.33. The van der Waals surface area contributed by atoms with Gasteiger partial charge in [0.15, 0.2) is 0 Å². The van der Waals surface area contributed by atoms with E-state index in [0.29, 0.717) is 0 Å². The maximum absolute atomic E-state index is 8.30. The lowest BCUT2D eigenvalue weighted by Crippen LogP contribution is -2.51.